The Morgan fingerprint density at radius 3 is 2.55 bits per heavy atom. The quantitative estimate of drug-likeness (QED) is 0.481. The molecule has 8 heteroatoms. The Morgan fingerprint density at radius 1 is 1.27 bits per heavy atom. The Hall–Kier alpha value is -1.60. The number of Topliss-reactive ketones (excluding diaryl/α,β-unsaturated/α-hetero) is 1. The number of esters is 1. The van der Waals surface area contributed by atoms with Gasteiger partial charge in [0, 0.05) is 29.1 Å². The topological polar surface area (TPSA) is 80.7 Å². The Kier molecular flexibility index (Phi) is 5.73. The number of alkyl halides is 3. The molecule has 1 N–H and O–H groups in total. The number of hydrogen-bond acceptors (Lipinski definition) is 5. The van der Waals surface area contributed by atoms with Crippen LogP contribution in [0.1, 0.15) is 53.4 Å². The van der Waals surface area contributed by atoms with Gasteiger partial charge in [-0.15, -0.1) is 11.6 Å². The van der Waals surface area contributed by atoms with Crippen LogP contribution in [0.15, 0.2) is 23.8 Å². The SMILES string of the molecule is CCC(=O)O[C@]1(C(=O)CCl)[C@@H](C)C[C@H]2[C@@H]3C[C@H](F)C4=CC(=O)C=CC4(C)[C@@]3(F)[C@@H](O)C[C@@]21C. The maximum atomic E-state index is 17.2. The van der Waals surface area contributed by atoms with E-state index in [1.54, 1.807) is 20.8 Å². The summed E-state index contributed by atoms with van der Waals surface area (Å²) in [4.78, 5) is 37.7. The van der Waals surface area contributed by atoms with Crippen molar-refractivity contribution in [3.63, 3.8) is 0 Å². The largest absolute Gasteiger partial charge is 0.450 e. The van der Waals surface area contributed by atoms with Crippen LogP contribution in [0.5, 0.6) is 0 Å². The predicted molar refractivity (Wildman–Crippen MR) is 118 cm³/mol. The van der Waals surface area contributed by atoms with Crippen molar-refractivity contribution in [3.8, 4) is 0 Å². The standard InChI is InChI=1S/C25H31ClF2O5/c1-5-21(32)33-25(20(31)12-26)13(2)8-15-16-10-18(27)17-9-14(29)6-7-22(17,3)24(16,28)19(30)11-23(15,25)4/h6-7,9,13,15-16,18-19,30H,5,8,10-12H2,1-4H3/t13-,15-,16-,18-,19-,22?,23-,24-,25-/m0/s1. The monoisotopic (exact) mass is 484 g/mol. The van der Waals surface area contributed by atoms with Crippen LogP contribution in [0.4, 0.5) is 8.78 Å². The summed E-state index contributed by atoms with van der Waals surface area (Å²) in [5, 5.41) is 11.4. The van der Waals surface area contributed by atoms with Crippen molar-refractivity contribution in [1.82, 2.24) is 0 Å². The Morgan fingerprint density at radius 2 is 1.94 bits per heavy atom. The number of carbonyl (C=O) groups excluding carboxylic acids is 3. The minimum Gasteiger partial charge on any atom is -0.450 e. The minimum atomic E-state index is -2.25. The van der Waals surface area contributed by atoms with Crippen LogP contribution in [0.2, 0.25) is 0 Å². The highest BCUT2D eigenvalue weighted by Crippen LogP contribution is 2.71. The molecule has 4 aliphatic carbocycles. The van der Waals surface area contributed by atoms with Crippen LogP contribution in [0, 0.1) is 28.6 Å². The molecule has 3 fully saturated rings. The minimum absolute atomic E-state index is 0.0431. The molecule has 0 heterocycles. The summed E-state index contributed by atoms with van der Waals surface area (Å²) in [6.45, 7) is 6.64. The molecule has 33 heavy (non-hydrogen) atoms. The summed E-state index contributed by atoms with van der Waals surface area (Å²) in [5.74, 6) is -3.84. The molecule has 0 bridgehead atoms. The number of rotatable bonds is 4. The van der Waals surface area contributed by atoms with Gasteiger partial charge in [0.25, 0.3) is 0 Å². The van der Waals surface area contributed by atoms with E-state index in [1.807, 2.05) is 0 Å². The normalized spacial score (nSPS) is 48.4. The van der Waals surface area contributed by atoms with Crippen LogP contribution in [-0.4, -0.2) is 52.1 Å². The lowest BCUT2D eigenvalue weighted by molar-refractivity contribution is -0.230. The van der Waals surface area contributed by atoms with E-state index in [4.69, 9.17) is 16.3 Å². The molecule has 4 aliphatic rings. The number of aliphatic hydroxyl groups is 1. The fraction of sp³-hybridized carbons (Fsp3) is 0.720. The van der Waals surface area contributed by atoms with Crippen molar-refractivity contribution in [2.75, 3.05) is 5.88 Å². The number of aliphatic hydroxyl groups excluding tert-OH is 1. The lowest BCUT2D eigenvalue weighted by Gasteiger charge is -2.63. The summed E-state index contributed by atoms with van der Waals surface area (Å²) in [6, 6.07) is 0. The first-order chi connectivity index (χ1) is 15.3. The van der Waals surface area contributed by atoms with Gasteiger partial charge in [-0.2, -0.15) is 0 Å². The first-order valence-electron chi connectivity index (χ1n) is 11.6. The summed E-state index contributed by atoms with van der Waals surface area (Å²) >= 11 is 5.97. The smallest absolute Gasteiger partial charge is 0.306 e. The van der Waals surface area contributed by atoms with E-state index in [9.17, 15) is 19.5 Å². The maximum absolute atomic E-state index is 17.2. The summed E-state index contributed by atoms with van der Waals surface area (Å²) in [6.07, 6.45) is 0.584. The van der Waals surface area contributed by atoms with E-state index in [2.05, 4.69) is 0 Å². The van der Waals surface area contributed by atoms with E-state index in [1.165, 1.54) is 19.1 Å². The van der Waals surface area contributed by atoms with E-state index in [0.29, 0.717) is 6.42 Å². The number of hydrogen-bond donors (Lipinski definition) is 1. The molecular formula is C25H31ClF2O5. The van der Waals surface area contributed by atoms with Crippen molar-refractivity contribution >= 4 is 29.1 Å². The van der Waals surface area contributed by atoms with E-state index >= 15 is 8.78 Å². The Labute approximate surface area is 197 Å². The number of allylic oxidation sites excluding steroid dienone is 4. The van der Waals surface area contributed by atoms with Gasteiger partial charge in [-0.3, -0.25) is 14.4 Å². The highest BCUT2D eigenvalue weighted by Gasteiger charge is 2.77. The summed E-state index contributed by atoms with van der Waals surface area (Å²) in [5.41, 5.74) is -6.47. The molecule has 9 atom stereocenters. The second-order valence-corrected chi connectivity index (χ2v) is 10.9. The van der Waals surface area contributed by atoms with Gasteiger partial charge < -0.3 is 9.84 Å². The van der Waals surface area contributed by atoms with E-state index in [-0.39, 0.29) is 24.8 Å². The van der Waals surface area contributed by atoms with Crippen LogP contribution in [0.3, 0.4) is 0 Å². The average molecular weight is 485 g/mol. The van der Waals surface area contributed by atoms with Gasteiger partial charge in [-0.05, 0) is 49.8 Å². The third-order valence-corrected chi connectivity index (χ3v) is 9.51. The second kappa shape index (κ2) is 7.70. The van der Waals surface area contributed by atoms with Crippen LogP contribution in [-0.2, 0) is 19.1 Å². The molecule has 0 amide bonds. The Bertz CT molecular complexity index is 964. The zero-order valence-corrected chi connectivity index (χ0v) is 20.1. The number of ether oxygens (including phenoxy) is 1. The zero-order valence-electron chi connectivity index (χ0n) is 19.4. The molecular weight excluding hydrogens is 454 g/mol. The number of carbonyl (C=O) groups is 3. The van der Waals surface area contributed by atoms with Gasteiger partial charge in [0.2, 0.25) is 0 Å². The van der Waals surface area contributed by atoms with Gasteiger partial charge >= 0.3 is 5.97 Å². The number of ketones is 2. The molecule has 182 valence electrons. The van der Waals surface area contributed by atoms with Gasteiger partial charge in [0.05, 0.1) is 12.0 Å². The maximum Gasteiger partial charge on any atom is 0.306 e. The van der Waals surface area contributed by atoms with Crippen molar-refractivity contribution in [2.45, 2.75) is 76.9 Å². The van der Waals surface area contributed by atoms with Crippen molar-refractivity contribution in [2.24, 2.45) is 28.6 Å². The average Bonchev–Trinajstić information content (AvgIpc) is 2.98. The van der Waals surface area contributed by atoms with Gasteiger partial charge in [-0.25, -0.2) is 8.78 Å². The van der Waals surface area contributed by atoms with Crippen LogP contribution < -0.4 is 0 Å². The summed E-state index contributed by atoms with van der Waals surface area (Å²) < 4.78 is 38.5. The molecule has 0 aromatic heterocycles. The first kappa shape index (κ1) is 24.5. The molecule has 4 rings (SSSR count). The van der Waals surface area contributed by atoms with Crippen molar-refractivity contribution in [3.05, 3.63) is 23.8 Å². The number of fused-ring (bicyclic) bond motifs is 5. The third-order valence-electron chi connectivity index (χ3n) is 9.27. The summed E-state index contributed by atoms with van der Waals surface area (Å²) in [7, 11) is 0. The lowest BCUT2D eigenvalue weighted by atomic mass is 9.44. The second-order valence-electron chi connectivity index (χ2n) is 10.6. The van der Waals surface area contributed by atoms with Crippen LogP contribution in [0.25, 0.3) is 0 Å². The predicted octanol–water partition coefficient (Wildman–Crippen LogP) is 4.05. The zero-order chi connectivity index (χ0) is 24.6. The van der Waals surface area contributed by atoms with Crippen molar-refractivity contribution < 1.29 is 33.0 Å². The molecule has 0 spiro atoms. The van der Waals surface area contributed by atoms with Gasteiger partial charge in [-0.1, -0.05) is 26.8 Å². The molecule has 1 unspecified atom stereocenters. The third kappa shape index (κ3) is 2.87. The van der Waals surface area contributed by atoms with Crippen molar-refractivity contribution in [1.29, 1.82) is 0 Å². The Balaban J connectivity index is 1.88. The fourth-order valence-corrected chi connectivity index (χ4v) is 7.94. The molecule has 0 aromatic carbocycles. The fourth-order valence-electron chi connectivity index (χ4n) is 7.74. The molecule has 0 saturated heterocycles. The molecule has 0 radical (unpaired) electrons. The lowest BCUT2D eigenvalue weighted by Crippen LogP contribution is -2.71. The molecule has 0 aliphatic heterocycles. The van der Waals surface area contributed by atoms with E-state index < -0.39 is 75.5 Å². The van der Waals surface area contributed by atoms with Gasteiger partial charge in [0.15, 0.2) is 22.8 Å². The molecule has 5 nitrogen and oxygen atoms in total. The van der Waals surface area contributed by atoms with Crippen LogP contribution >= 0.6 is 11.6 Å². The first-order valence-corrected chi connectivity index (χ1v) is 12.1. The highest BCUT2D eigenvalue weighted by molar-refractivity contribution is 6.29. The highest BCUT2D eigenvalue weighted by atomic mass is 35.5. The molecule has 3 saturated carbocycles. The van der Waals surface area contributed by atoms with Gasteiger partial charge in [0.1, 0.15) is 6.17 Å². The number of halogens is 3. The molecule has 0 aromatic rings. The van der Waals surface area contributed by atoms with E-state index in [0.717, 1.165) is 6.08 Å².